The number of rotatable bonds is 21. The van der Waals surface area contributed by atoms with Crippen molar-refractivity contribution < 1.29 is 51.7 Å². The van der Waals surface area contributed by atoms with Gasteiger partial charge in [0.2, 0.25) is 17.7 Å². The van der Waals surface area contributed by atoms with Crippen molar-refractivity contribution >= 4 is 52.3 Å². The molecule has 0 bridgehead atoms. The molecule has 0 radical (unpaired) electrons. The average Bonchev–Trinajstić information content (AvgIpc) is 4.00. The molecule has 0 aliphatic carbocycles. The van der Waals surface area contributed by atoms with E-state index in [0.29, 0.717) is 37.7 Å². The van der Waals surface area contributed by atoms with E-state index in [-0.39, 0.29) is 43.0 Å². The predicted molar refractivity (Wildman–Crippen MR) is 267 cm³/mol. The number of likely N-dealkylation sites (tertiary alicyclic amines) is 1. The molecule has 2 fully saturated rings. The summed E-state index contributed by atoms with van der Waals surface area (Å²) in [6.45, 7) is 13.8. The molecule has 16 nitrogen and oxygen atoms in total. The van der Waals surface area contributed by atoms with E-state index in [1.54, 1.807) is 55.4 Å². The number of carbonyl (C=O) groups is 4. The molecule has 0 saturated carbocycles. The molecule has 6 rings (SSSR count). The fourth-order valence-electron chi connectivity index (χ4n) is 8.57. The maximum atomic E-state index is 14.0. The smallest absolute Gasteiger partial charge is 0.417 e. The molecular formula is C52H63F3N8O8S. The van der Waals surface area contributed by atoms with Gasteiger partial charge in [0.1, 0.15) is 30.0 Å². The summed E-state index contributed by atoms with van der Waals surface area (Å²) in [7, 11) is 0. The Morgan fingerprint density at radius 1 is 0.917 bits per heavy atom. The van der Waals surface area contributed by atoms with Crippen LogP contribution in [0.2, 0.25) is 0 Å². The van der Waals surface area contributed by atoms with Gasteiger partial charge in [-0.25, -0.2) is 4.98 Å². The molecule has 1 aromatic heterocycles. The molecule has 3 aromatic carbocycles. The Kier molecular flexibility index (Phi) is 17.9. The molecule has 4 amide bonds. The lowest BCUT2D eigenvalue weighted by Crippen LogP contribution is -2.58. The van der Waals surface area contributed by atoms with Crippen LogP contribution >= 0.6 is 12.2 Å². The fourth-order valence-corrected chi connectivity index (χ4v) is 9.09. The molecule has 0 spiro atoms. The number of carbonyl (C=O) groups excluding carboxylic acids is 4. The number of aromatic nitrogens is 2. The molecule has 3 N–H and O–H groups in total. The number of imidazole rings is 1. The van der Waals surface area contributed by atoms with Gasteiger partial charge < -0.3 is 44.3 Å². The quantitative estimate of drug-likeness (QED) is 0.0557. The highest BCUT2D eigenvalue weighted by molar-refractivity contribution is 7.81. The van der Waals surface area contributed by atoms with Gasteiger partial charge in [0.25, 0.3) is 5.91 Å². The number of alkyl halides is 3. The zero-order chi connectivity index (χ0) is 52.5. The number of thiocarbonyl (C=S) groups is 1. The first kappa shape index (κ1) is 54.9. The summed E-state index contributed by atoms with van der Waals surface area (Å²) in [4.78, 5) is 62.5. The summed E-state index contributed by atoms with van der Waals surface area (Å²) >= 11 is 5.63. The fraction of sp³-hybridized carbons (Fsp3) is 0.481. The maximum Gasteiger partial charge on any atom is 0.417 e. The number of anilines is 2. The van der Waals surface area contributed by atoms with Crippen LogP contribution in [0.1, 0.15) is 102 Å². The van der Waals surface area contributed by atoms with Gasteiger partial charge >= 0.3 is 6.18 Å². The molecule has 4 atom stereocenters. The van der Waals surface area contributed by atoms with Crippen LogP contribution in [0.25, 0.3) is 5.69 Å². The number of aryl methyl sites for hydroxylation is 1. The van der Waals surface area contributed by atoms with Crippen molar-refractivity contribution in [2.45, 2.75) is 117 Å². The Bertz CT molecular complexity index is 2610. The number of hydrogen-bond acceptors (Lipinski definition) is 11. The first-order valence-electron chi connectivity index (χ1n) is 23.9. The van der Waals surface area contributed by atoms with Gasteiger partial charge in [-0.05, 0) is 131 Å². The second kappa shape index (κ2) is 23.4. The molecule has 20 heteroatoms. The lowest BCUT2D eigenvalue weighted by atomic mass is 9.85. The third-order valence-electron chi connectivity index (χ3n) is 12.5. The Balaban J connectivity index is 0.858. The van der Waals surface area contributed by atoms with E-state index < -0.39 is 70.1 Å². The highest BCUT2D eigenvalue weighted by atomic mass is 32.1. The number of halogens is 3. The summed E-state index contributed by atoms with van der Waals surface area (Å²) in [5.74, 6) is -1.27. The van der Waals surface area contributed by atoms with Crippen LogP contribution in [0.15, 0.2) is 79.3 Å². The number of aliphatic hydroxyl groups is 1. The third-order valence-corrected chi connectivity index (χ3v) is 12.9. The first-order valence-corrected chi connectivity index (χ1v) is 24.3. The van der Waals surface area contributed by atoms with E-state index >= 15 is 0 Å². The second-order valence-electron chi connectivity index (χ2n) is 19.6. The lowest BCUT2D eigenvalue weighted by Gasteiger charge is -2.35. The van der Waals surface area contributed by atoms with E-state index in [2.05, 4.69) is 15.6 Å². The van der Waals surface area contributed by atoms with Crippen molar-refractivity contribution in [2.75, 3.05) is 49.4 Å². The number of ether oxygens (including phenoxy) is 3. The molecule has 4 aromatic rings. The van der Waals surface area contributed by atoms with Crippen molar-refractivity contribution in [2.24, 2.45) is 5.41 Å². The van der Waals surface area contributed by atoms with Crippen LogP contribution in [0.3, 0.4) is 0 Å². The molecule has 2 aliphatic heterocycles. The standard InChI is InChI=1S/C52H63F3N8O8S/c1-33-29-60(32-57-33)37-15-12-35(13-16-37)34(2)58-46(66)43-27-40(64)30-61(43)47(67)45(50(3,4)5)59-44(65)31-70-24-11-23-69-22-9-8-10-25-71-41-20-18-38(19-21-41)63-49(72)62(48(68)51(63,6)7)39-17-14-36(28-56)42(26-39)52(53,54)55/h12-21,26,29,32,34,40,43,45,64H,8-11,22-25,27,30-31H2,1-7H3,(H,58,66)(H,59,65)/t34-,40+,43-,45+/m0/s1. The van der Waals surface area contributed by atoms with Gasteiger partial charge in [-0.2, -0.15) is 18.4 Å². The summed E-state index contributed by atoms with van der Waals surface area (Å²) in [6, 6.07) is 16.9. The molecule has 3 heterocycles. The minimum atomic E-state index is -4.80. The molecule has 2 aliphatic rings. The van der Waals surface area contributed by atoms with Gasteiger partial charge in [0.15, 0.2) is 5.11 Å². The molecule has 2 saturated heterocycles. The summed E-state index contributed by atoms with van der Waals surface area (Å²) < 4.78 is 60.3. The summed E-state index contributed by atoms with van der Waals surface area (Å²) in [5.41, 5.74) is -0.496. The minimum absolute atomic E-state index is 0.0000516. The number of nitrogens with zero attached hydrogens (tertiary/aromatic N) is 6. The minimum Gasteiger partial charge on any atom is -0.494 e. The Morgan fingerprint density at radius 2 is 1.56 bits per heavy atom. The average molecular weight is 1020 g/mol. The van der Waals surface area contributed by atoms with Crippen LogP contribution < -0.4 is 25.2 Å². The van der Waals surface area contributed by atoms with Gasteiger partial charge in [-0.1, -0.05) is 32.9 Å². The van der Waals surface area contributed by atoms with Gasteiger partial charge in [-0.15, -0.1) is 0 Å². The first-order chi connectivity index (χ1) is 34.0. The Labute approximate surface area is 423 Å². The second-order valence-corrected chi connectivity index (χ2v) is 20.0. The van der Waals surface area contributed by atoms with Gasteiger partial charge in [0, 0.05) is 50.4 Å². The maximum absolute atomic E-state index is 14.0. The molecule has 0 unspecified atom stereocenters. The lowest BCUT2D eigenvalue weighted by molar-refractivity contribution is -0.144. The molecular weight excluding hydrogens is 954 g/mol. The van der Waals surface area contributed by atoms with Crippen molar-refractivity contribution in [3.8, 4) is 17.5 Å². The van der Waals surface area contributed by atoms with Crippen molar-refractivity contribution in [3.05, 3.63) is 102 Å². The van der Waals surface area contributed by atoms with Crippen LogP contribution in [-0.2, 0) is 34.8 Å². The number of β-amino-alcohol motifs (C(OH)–C–C–N with tert-alkyl or cyclic N) is 1. The van der Waals surface area contributed by atoms with Crippen LogP contribution in [0.5, 0.6) is 5.75 Å². The van der Waals surface area contributed by atoms with Crippen molar-refractivity contribution in [1.29, 1.82) is 5.26 Å². The number of amides is 4. The Hall–Kier alpha value is -6.40. The molecule has 72 heavy (non-hydrogen) atoms. The van der Waals surface area contributed by atoms with E-state index in [9.17, 15) is 42.7 Å². The van der Waals surface area contributed by atoms with Gasteiger partial charge in [-0.3, -0.25) is 24.1 Å². The largest absolute Gasteiger partial charge is 0.494 e. The van der Waals surface area contributed by atoms with Crippen LogP contribution in [-0.4, -0.2) is 112 Å². The SMILES string of the molecule is Cc1cn(-c2ccc([C@H](C)NC(=O)[C@@H]3C[C@@H](O)CN3C(=O)[C@@H](NC(=O)COCCCOCCCCCOc3ccc(N4C(=S)N(c5ccc(C#N)c(C(F)(F)F)c5)C(=O)C4(C)C)cc3)C(C)(C)C)cc2)cn1. The topological polar surface area (TPSA) is 192 Å². The monoisotopic (exact) mass is 1020 g/mol. The van der Waals surface area contributed by atoms with Crippen LogP contribution in [0.4, 0.5) is 24.5 Å². The normalized spacial score (nSPS) is 17.7. The zero-order valence-corrected chi connectivity index (χ0v) is 42.4. The van der Waals surface area contributed by atoms with Gasteiger partial charge in [0.05, 0.1) is 53.7 Å². The third kappa shape index (κ3) is 13.4. The Morgan fingerprint density at radius 3 is 2.19 bits per heavy atom. The van der Waals surface area contributed by atoms with E-state index in [0.717, 1.165) is 53.2 Å². The number of hydrogen-bond donors (Lipinski definition) is 3. The van der Waals surface area contributed by atoms with E-state index in [4.69, 9.17) is 26.4 Å². The molecule has 386 valence electrons. The predicted octanol–water partition coefficient (Wildman–Crippen LogP) is 7.33. The van der Waals surface area contributed by atoms with Crippen molar-refractivity contribution in [3.63, 3.8) is 0 Å². The number of nitriles is 1. The summed E-state index contributed by atoms with van der Waals surface area (Å²) in [5, 5.41) is 25.6. The van der Waals surface area contributed by atoms with Crippen LogP contribution in [0, 0.1) is 23.7 Å². The number of nitrogens with one attached hydrogen (secondary N) is 2. The highest BCUT2D eigenvalue weighted by Gasteiger charge is 2.51. The number of aliphatic hydroxyl groups excluding tert-OH is 1. The van der Waals surface area contributed by atoms with Crippen molar-refractivity contribution in [1.82, 2.24) is 25.1 Å². The highest BCUT2D eigenvalue weighted by Crippen LogP contribution is 2.40. The van der Waals surface area contributed by atoms with E-state index in [1.807, 2.05) is 69.6 Å². The number of unbranched alkanes of at least 4 members (excludes halogenated alkanes) is 2. The number of benzene rings is 3. The summed E-state index contributed by atoms with van der Waals surface area (Å²) in [6.07, 6.45) is 0.954. The zero-order valence-electron chi connectivity index (χ0n) is 41.6. The van der Waals surface area contributed by atoms with E-state index in [1.165, 1.54) is 11.0 Å².